The highest BCUT2D eigenvalue weighted by Crippen LogP contribution is 2.16. The Morgan fingerprint density at radius 3 is 2.12 bits per heavy atom. The van der Waals surface area contributed by atoms with Crippen molar-refractivity contribution in [2.24, 2.45) is 5.92 Å². The number of aryl methyl sites for hydroxylation is 1. The van der Waals surface area contributed by atoms with E-state index < -0.39 is 0 Å². The molecule has 1 nitrogen and oxygen atoms in total. The lowest BCUT2D eigenvalue weighted by Gasteiger charge is -2.10. The molecule has 0 atom stereocenters. The van der Waals surface area contributed by atoms with E-state index in [1.165, 1.54) is 31.2 Å². The lowest BCUT2D eigenvalue weighted by Crippen LogP contribution is -2.05. The van der Waals surface area contributed by atoms with Crippen molar-refractivity contribution < 1.29 is 4.74 Å². The van der Waals surface area contributed by atoms with Crippen LogP contribution < -0.4 is 4.74 Å². The molecule has 0 aliphatic heterocycles. The number of unbranched alkanes of at least 4 members (excludes halogenated alkanes) is 1. The first-order valence-corrected chi connectivity index (χ1v) is 6.83. The van der Waals surface area contributed by atoms with E-state index >= 15 is 0 Å². The molecule has 0 radical (unpaired) electrons. The number of benzene rings is 1. The first kappa shape index (κ1) is 14.1. The molecule has 17 heavy (non-hydrogen) atoms. The van der Waals surface area contributed by atoms with Gasteiger partial charge in [-0.2, -0.15) is 0 Å². The molecule has 1 heteroatoms. The molecule has 1 aromatic carbocycles. The van der Waals surface area contributed by atoms with E-state index in [2.05, 4.69) is 52.0 Å². The van der Waals surface area contributed by atoms with Crippen LogP contribution in [0.25, 0.3) is 0 Å². The average Bonchev–Trinajstić information content (AvgIpc) is 2.25. The average molecular weight is 234 g/mol. The van der Waals surface area contributed by atoms with Crippen molar-refractivity contribution in [3.8, 4) is 5.75 Å². The Hall–Kier alpha value is -0.980. The topological polar surface area (TPSA) is 9.23 Å². The van der Waals surface area contributed by atoms with Gasteiger partial charge in [-0.15, -0.1) is 0 Å². The normalized spacial score (nSPS) is 11.2. The van der Waals surface area contributed by atoms with Gasteiger partial charge in [-0.1, -0.05) is 38.8 Å². The van der Waals surface area contributed by atoms with Gasteiger partial charge >= 0.3 is 0 Å². The number of hydrogen-bond acceptors (Lipinski definition) is 1. The van der Waals surface area contributed by atoms with Crippen molar-refractivity contribution in [1.82, 2.24) is 0 Å². The van der Waals surface area contributed by atoms with Gasteiger partial charge in [0.1, 0.15) is 5.75 Å². The Balaban J connectivity index is 2.30. The van der Waals surface area contributed by atoms with Crippen LogP contribution in [0, 0.1) is 5.92 Å². The van der Waals surface area contributed by atoms with Crippen molar-refractivity contribution in [3.05, 3.63) is 29.8 Å². The summed E-state index contributed by atoms with van der Waals surface area (Å²) in [6.07, 6.45) is 5.42. The standard InChI is InChI=1S/C16H26O/c1-13(2)7-5-6-8-15-9-11-16(12-10-15)17-14(3)4/h9-14H,5-8H2,1-4H3. The third-order valence-electron chi connectivity index (χ3n) is 2.79. The smallest absolute Gasteiger partial charge is 0.119 e. The fourth-order valence-corrected chi connectivity index (χ4v) is 1.89. The maximum Gasteiger partial charge on any atom is 0.119 e. The summed E-state index contributed by atoms with van der Waals surface area (Å²) in [7, 11) is 0. The van der Waals surface area contributed by atoms with Crippen LogP contribution in [0.15, 0.2) is 24.3 Å². The van der Waals surface area contributed by atoms with Gasteiger partial charge in [0.15, 0.2) is 0 Å². The lowest BCUT2D eigenvalue weighted by molar-refractivity contribution is 0.242. The Morgan fingerprint density at radius 2 is 1.59 bits per heavy atom. The molecule has 1 rings (SSSR count). The van der Waals surface area contributed by atoms with Gasteiger partial charge in [-0.3, -0.25) is 0 Å². The predicted molar refractivity (Wildman–Crippen MR) is 74.6 cm³/mol. The van der Waals surface area contributed by atoms with Crippen LogP contribution in [0.1, 0.15) is 52.5 Å². The van der Waals surface area contributed by atoms with Gasteiger partial charge in [-0.25, -0.2) is 0 Å². The zero-order chi connectivity index (χ0) is 12.7. The summed E-state index contributed by atoms with van der Waals surface area (Å²) in [6.45, 7) is 8.69. The second kappa shape index (κ2) is 7.37. The molecule has 0 amide bonds. The van der Waals surface area contributed by atoms with Crippen LogP contribution >= 0.6 is 0 Å². The van der Waals surface area contributed by atoms with E-state index in [0.717, 1.165) is 11.7 Å². The van der Waals surface area contributed by atoms with E-state index in [1.807, 2.05) is 0 Å². The van der Waals surface area contributed by atoms with Gasteiger partial charge in [-0.05, 0) is 50.3 Å². The Bertz CT molecular complexity index is 298. The summed E-state index contributed by atoms with van der Waals surface area (Å²) in [5.41, 5.74) is 1.42. The van der Waals surface area contributed by atoms with Crippen molar-refractivity contribution in [2.45, 2.75) is 59.5 Å². The van der Waals surface area contributed by atoms with Gasteiger partial charge in [0, 0.05) is 0 Å². The van der Waals surface area contributed by atoms with E-state index in [1.54, 1.807) is 0 Å². The van der Waals surface area contributed by atoms with Crippen LogP contribution in [0.3, 0.4) is 0 Å². The van der Waals surface area contributed by atoms with Crippen LogP contribution in [0.5, 0.6) is 5.75 Å². The number of ether oxygens (including phenoxy) is 1. The SMILES string of the molecule is CC(C)CCCCc1ccc(OC(C)C)cc1. The zero-order valence-electron chi connectivity index (χ0n) is 11.7. The summed E-state index contributed by atoms with van der Waals surface area (Å²) >= 11 is 0. The van der Waals surface area contributed by atoms with Crippen molar-refractivity contribution in [1.29, 1.82) is 0 Å². The molecule has 0 heterocycles. The van der Waals surface area contributed by atoms with Crippen molar-refractivity contribution in [2.75, 3.05) is 0 Å². The minimum Gasteiger partial charge on any atom is -0.491 e. The second-order valence-electron chi connectivity index (χ2n) is 5.45. The van der Waals surface area contributed by atoms with Crippen LogP contribution in [0.4, 0.5) is 0 Å². The molecule has 0 aromatic heterocycles. The fraction of sp³-hybridized carbons (Fsp3) is 0.625. The third kappa shape index (κ3) is 6.35. The third-order valence-corrected chi connectivity index (χ3v) is 2.79. The summed E-state index contributed by atoms with van der Waals surface area (Å²) in [5.74, 6) is 1.81. The molecule has 0 aliphatic carbocycles. The molecule has 96 valence electrons. The molecular formula is C16H26O. The van der Waals surface area contributed by atoms with Crippen molar-refractivity contribution >= 4 is 0 Å². The Morgan fingerprint density at radius 1 is 0.941 bits per heavy atom. The minimum atomic E-state index is 0.256. The summed E-state index contributed by atoms with van der Waals surface area (Å²) in [6, 6.07) is 8.54. The monoisotopic (exact) mass is 234 g/mol. The number of rotatable bonds is 7. The Labute approximate surface area is 106 Å². The Kier molecular flexibility index (Phi) is 6.10. The largest absolute Gasteiger partial charge is 0.491 e. The highest BCUT2D eigenvalue weighted by atomic mass is 16.5. The maximum atomic E-state index is 5.63. The van der Waals surface area contributed by atoms with E-state index in [9.17, 15) is 0 Å². The second-order valence-corrected chi connectivity index (χ2v) is 5.45. The first-order valence-electron chi connectivity index (χ1n) is 6.83. The molecule has 0 aliphatic rings. The van der Waals surface area contributed by atoms with Crippen LogP contribution in [-0.2, 0) is 6.42 Å². The quantitative estimate of drug-likeness (QED) is 0.613. The van der Waals surface area contributed by atoms with E-state index in [0.29, 0.717) is 0 Å². The highest BCUT2D eigenvalue weighted by molar-refractivity contribution is 5.27. The first-order chi connectivity index (χ1) is 8.08. The minimum absolute atomic E-state index is 0.256. The van der Waals surface area contributed by atoms with Crippen LogP contribution in [-0.4, -0.2) is 6.10 Å². The fourth-order valence-electron chi connectivity index (χ4n) is 1.89. The maximum absolute atomic E-state index is 5.63. The molecule has 0 saturated heterocycles. The predicted octanol–water partition coefficient (Wildman–Crippen LogP) is 4.84. The molecule has 1 aromatic rings. The van der Waals surface area contributed by atoms with Gasteiger partial charge in [0.2, 0.25) is 0 Å². The lowest BCUT2D eigenvalue weighted by atomic mass is 10.0. The summed E-state index contributed by atoms with van der Waals surface area (Å²) in [4.78, 5) is 0. The summed E-state index contributed by atoms with van der Waals surface area (Å²) in [5, 5.41) is 0. The van der Waals surface area contributed by atoms with Gasteiger partial charge < -0.3 is 4.74 Å². The molecule has 0 spiro atoms. The molecule has 0 fully saturated rings. The van der Waals surface area contributed by atoms with Crippen molar-refractivity contribution in [3.63, 3.8) is 0 Å². The van der Waals surface area contributed by atoms with Crippen LogP contribution in [0.2, 0.25) is 0 Å². The molecule has 0 bridgehead atoms. The number of hydrogen-bond donors (Lipinski definition) is 0. The molecule has 0 saturated carbocycles. The van der Waals surface area contributed by atoms with Gasteiger partial charge in [0.05, 0.1) is 6.10 Å². The zero-order valence-corrected chi connectivity index (χ0v) is 11.7. The highest BCUT2D eigenvalue weighted by Gasteiger charge is 1.99. The van der Waals surface area contributed by atoms with E-state index in [4.69, 9.17) is 4.74 Å². The van der Waals surface area contributed by atoms with Gasteiger partial charge in [0.25, 0.3) is 0 Å². The molecular weight excluding hydrogens is 208 g/mol. The van der Waals surface area contributed by atoms with E-state index in [-0.39, 0.29) is 6.10 Å². The molecule has 0 unspecified atom stereocenters. The molecule has 0 N–H and O–H groups in total. The summed E-state index contributed by atoms with van der Waals surface area (Å²) < 4.78 is 5.63.